The zero-order valence-electron chi connectivity index (χ0n) is 12.4. The predicted octanol–water partition coefficient (Wildman–Crippen LogP) is 1.28. The average molecular weight is 280 g/mol. The molecular formula is C14H24N4O2. The molecule has 6 nitrogen and oxygen atoms in total. The minimum Gasteiger partial charge on any atom is -0.378 e. The number of hydrogen-bond donors (Lipinski definition) is 2. The molecule has 0 saturated carbocycles. The average Bonchev–Trinajstić information content (AvgIpc) is 3.02. The van der Waals surface area contributed by atoms with E-state index >= 15 is 0 Å². The first-order valence-electron chi connectivity index (χ1n) is 7.17. The third-order valence-electron chi connectivity index (χ3n) is 3.66. The maximum Gasteiger partial charge on any atom is 0.315 e. The van der Waals surface area contributed by atoms with E-state index in [0.717, 1.165) is 18.6 Å². The lowest BCUT2D eigenvalue weighted by Crippen LogP contribution is -2.40. The summed E-state index contributed by atoms with van der Waals surface area (Å²) in [7, 11) is 1.86. The van der Waals surface area contributed by atoms with Gasteiger partial charge in [-0.3, -0.25) is 4.68 Å². The van der Waals surface area contributed by atoms with E-state index in [-0.39, 0.29) is 12.1 Å². The van der Waals surface area contributed by atoms with Crippen LogP contribution in [0.2, 0.25) is 0 Å². The van der Waals surface area contributed by atoms with E-state index in [2.05, 4.69) is 29.6 Å². The molecule has 0 aromatic carbocycles. The van der Waals surface area contributed by atoms with Gasteiger partial charge < -0.3 is 15.4 Å². The van der Waals surface area contributed by atoms with Crippen LogP contribution in [0.1, 0.15) is 25.8 Å². The second-order valence-electron chi connectivity index (χ2n) is 5.71. The molecule has 2 rings (SSSR count). The summed E-state index contributed by atoms with van der Waals surface area (Å²) in [6.45, 7) is 6.28. The Balaban J connectivity index is 1.69. The number of ether oxygens (including phenoxy) is 1. The van der Waals surface area contributed by atoms with Crippen LogP contribution < -0.4 is 10.6 Å². The van der Waals surface area contributed by atoms with Gasteiger partial charge in [-0.1, -0.05) is 13.8 Å². The van der Waals surface area contributed by atoms with Gasteiger partial charge in [0.15, 0.2) is 0 Å². The number of carbonyl (C=O) groups is 1. The molecule has 1 aromatic heterocycles. The van der Waals surface area contributed by atoms with Crippen molar-refractivity contribution in [2.45, 2.75) is 32.9 Å². The van der Waals surface area contributed by atoms with Gasteiger partial charge >= 0.3 is 6.03 Å². The summed E-state index contributed by atoms with van der Waals surface area (Å²) in [5.41, 5.74) is 0.993. The van der Waals surface area contributed by atoms with Crippen molar-refractivity contribution in [2.75, 3.05) is 13.2 Å². The van der Waals surface area contributed by atoms with Crippen molar-refractivity contribution >= 4 is 6.03 Å². The molecule has 1 aliphatic heterocycles. The molecule has 0 spiro atoms. The number of hydrogen-bond acceptors (Lipinski definition) is 3. The lowest BCUT2D eigenvalue weighted by atomic mass is 9.93. The summed E-state index contributed by atoms with van der Waals surface area (Å²) in [5, 5.41) is 9.83. The fourth-order valence-electron chi connectivity index (χ4n) is 2.64. The molecule has 2 amide bonds. The molecule has 0 bridgehead atoms. The number of aromatic nitrogens is 2. The maximum absolute atomic E-state index is 11.8. The van der Waals surface area contributed by atoms with E-state index in [9.17, 15) is 4.79 Å². The lowest BCUT2D eigenvalue weighted by Gasteiger charge is -2.22. The molecule has 1 saturated heterocycles. The van der Waals surface area contributed by atoms with Crippen LogP contribution in [-0.4, -0.2) is 35.1 Å². The van der Waals surface area contributed by atoms with Crippen LogP contribution in [0, 0.1) is 11.8 Å². The first-order chi connectivity index (χ1) is 9.56. The Labute approximate surface area is 119 Å². The number of carbonyl (C=O) groups excluding carboxylic acids is 1. The van der Waals surface area contributed by atoms with Crippen LogP contribution in [0.3, 0.4) is 0 Å². The Hall–Kier alpha value is -1.56. The topological polar surface area (TPSA) is 68.2 Å². The zero-order chi connectivity index (χ0) is 14.5. The summed E-state index contributed by atoms with van der Waals surface area (Å²) in [6.07, 6.45) is 4.92. The summed E-state index contributed by atoms with van der Waals surface area (Å²) >= 11 is 0. The van der Waals surface area contributed by atoms with Gasteiger partial charge in [-0.15, -0.1) is 0 Å². The second-order valence-corrected chi connectivity index (χ2v) is 5.71. The Morgan fingerprint density at radius 2 is 2.35 bits per heavy atom. The van der Waals surface area contributed by atoms with Crippen molar-refractivity contribution in [3.63, 3.8) is 0 Å². The van der Waals surface area contributed by atoms with Crippen LogP contribution in [0.15, 0.2) is 12.4 Å². The van der Waals surface area contributed by atoms with E-state index in [0.29, 0.717) is 24.9 Å². The smallest absolute Gasteiger partial charge is 0.315 e. The molecule has 1 aromatic rings. The molecule has 0 radical (unpaired) electrons. The highest BCUT2D eigenvalue weighted by Crippen LogP contribution is 2.25. The van der Waals surface area contributed by atoms with Crippen LogP contribution in [0.5, 0.6) is 0 Å². The first kappa shape index (κ1) is 14.8. The number of urea groups is 1. The van der Waals surface area contributed by atoms with Crippen molar-refractivity contribution in [1.29, 1.82) is 0 Å². The van der Waals surface area contributed by atoms with E-state index in [1.54, 1.807) is 10.9 Å². The molecule has 6 heteroatoms. The van der Waals surface area contributed by atoms with E-state index in [1.165, 1.54) is 0 Å². The molecule has 0 aliphatic carbocycles. The van der Waals surface area contributed by atoms with Gasteiger partial charge in [0, 0.05) is 44.4 Å². The van der Waals surface area contributed by atoms with Gasteiger partial charge in [0.05, 0.1) is 12.3 Å². The van der Waals surface area contributed by atoms with Crippen LogP contribution in [-0.2, 0) is 18.3 Å². The monoisotopic (exact) mass is 280 g/mol. The SMILES string of the molecule is CC(C)[C@H]1OCC[C@@H]1CNC(=O)NCc1cnn(C)c1. The van der Waals surface area contributed by atoms with Gasteiger partial charge in [0.1, 0.15) is 0 Å². The highest BCUT2D eigenvalue weighted by molar-refractivity contribution is 5.73. The van der Waals surface area contributed by atoms with Crippen LogP contribution in [0.4, 0.5) is 4.79 Å². The minimum absolute atomic E-state index is 0.136. The van der Waals surface area contributed by atoms with E-state index in [1.807, 2.05) is 13.2 Å². The van der Waals surface area contributed by atoms with E-state index < -0.39 is 0 Å². The standard InChI is InChI=1S/C14H24N4O2/c1-10(2)13-12(4-5-20-13)8-16-14(19)15-6-11-7-17-18(3)9-11/h7,9-10,12-13H,4-6,8H2,1-3H3,(H2,15,16,19)/t12-,13-/m1/s1. The minimum atomic E-state index is -0.136. The normalized spacial score (nSPS) is 22.2. The van der Waals surface area contributed by atoms with Crippen molar-refractivity contribution in [2.24, 2.45) is 18.9 Å². The summed E-state index contributed by atoms with van der Waals surface area (Å²) < 4.78 is 7.43. The Morgan fingerprint density at radius 1 is 1.55 bits per heavy atom. The van der Waals surface area contributed by atoms with Gasteiger partial charge in [-0.2, -0.15) is 5.10 Å². The quantitative estimate of drug-likeness (QED) is 0.853. The summed E-state index contributed by atoms with van der Waals surface area (Å²) in [5.74, 6) is 0.905. The molecule has 1 aliphatic rings. The van der Waals surface area contributed by atoms with Gasteiger partial charge in [-0.25, -0.2) is 4.79 Å². The maximum atomic E-state index is 11.8. The molecule has 20 heavy (non-hydrogen) atoms. The van der Waals surface area contributed by atoms with Gasteiger partial charge in [0.25, 0.3) is 0 Å². The Bertz CT molecular complexity index is 444. The van der Waals surface area contributed by atoms with Crippen LogP contribution >= 0.6 is 0 Å². The fraction of sp³-hybridized carbons (Fsp3) is 0.714. The molecule has 2 N–H and O–H groups in total. The van der Waals surface area contributed by atoms with Crippen LogP contribution in [0.25, 0.3) is 0 Å². The van der Waals surface area contributed by atoms with Crippen molar-refractivity contribution < 1.29 is 9.53 Å². The van der Waals surface area contributed by atoms with Gasteiger partial charge in [-0.05, 0) is 12.3 Å². The molecule has 2 heterocycles. The number of rotatable bonds is 5. The third kappa shape index (κ3) is 3.96. The van der Waals surface area contributed by atoms with Gasteiger partial charge in [0.2, 0.25) is 0 Å². The number of nitrogens with one attached hydrogen (secondary N) is 2. The summed E-state index contributed by atoms with van der Waals surface area (Å²) in [6, 6.07) is -0.136. The third-order valence-corrected chi connectivity index (χ3v) is 3.66. The molecule has 112 valence electrons. The number of aryl methyl sites for hydroxylation is 1. The van der Waals surface area contributed by atoms with Crippen molar-refractivity contribution in [3.05, 3.63) is 18.0 Å². The largest absolute Gasteiger partial charge is 0.378 e. The van der Waals surface area contributed by atoms with Crippen molar-refractivity contribution in [3.8, 4) is 0 Å². The lowest BCUT2D eigenvalue weighted by molar-refractivity contribution is 0.0545. The number of nitrogens with zero attached hydrogens (tertiary/aromatic N) is 2. The Kier molecular flexibility index (Phi) is 5.00. The second kappa shape index (κ2) is 6.74. The first-order valence-corrected chi connectivity index (χ1v) is 7.17. The van der Waals surface area contributed by atoms with Crippen molar-refractivity contribution in [1.82, 2.24) is 20.4 Å². The Morgan fingerprint density at radius 3 is 3.00 bits per heavy atom. The van der Waals surface area contributed by atoms with E-state index in [4.69, 9.17) is 4.74 Å². The predicted molar refractivity (Wildman–Crippen MR) is 76.1 cm³/mol. The highest BCUT2D eigenvalue weighted by atomic mass is 16.5. The molecule has 2 atom stereocenters. The summed E-state index contributed by atoms with van der Waals surface area (Å²) in [4.78, 5) is 11.8. The number of amides is 2. The fourth-order valence-corrected chi connectivity index (χ4v) is 2.64. The highest BCUT2D eigenvalue weighted by Gasteiger charge is 2.30. The molecular weight excluding hydrogens is 256 g/mol. The molecule has 0 unspecified atom stereocenters. The zero-order valence-corrected chi connectivity index (χ0v) is 12.4. The molecule has 1 fully saturated rings.